The van der Waals surface area contributed by atoms with E-state index in [9.17, 15) is 9.90 Å². The zero-order valence-electron chi connectivity index (χ0n) is 15.5. The van der Waals surface area contributed by atoms with Crippen molar-refractivity contribution < 1.29 is 19.4 Å². The van der Waals surface area contributed by atoms with Crippen LogP contribution in [0.5, 0.6) is 11.5 Å². The number of likely N-dealkylation sites (tertiary alicyclic amines) is 1. The summed E-state index contributed by atoms with van der Waals surface area (Å²) in [6, 6.07) is 13.1. The minimum atomic E-state index is -0.771. The number of hydrogen-bond acceptors (Lipinski definition) is 4. The molecule has 0 aromatic heterocycles. The lowest BCUT2D eigenvalue weighted by molar-refractivity contribution is -0.145. The number of ether oxygens (including phenoxy) is 2. The molecule has 2 aromatic carbocycles. The van der Waals surface area contributed by atoms with Crippen molar-refractivity contribution in [3.8, 4) is 11.5 Å². The number of piperidine rings is 1. The van der Waals surface area contributed by atoms with Crippen molar-refractivity contribution in [2.45, 2.75) is 31.3 Å². The normalized spacial score (nSPS) is 18.7. The van der Waals surface area contributed by atoms with Crippen LogP contribution in [-0.2, 0) is 4.79 Å². The average molecular weight is 434 g/mol. The molecule has 1 N–H and O–H groups in total. The van der Waals surface area contributed by atoms with Gasteiger partial charge in [0.05, 0.1) is 20.3 Å². The Morgan fingerprint density at radius 1 is 1.15 bits per heavy atom. The first-order valence-corrected chi connectivity index (χ1v) is 9.81. The molecule has 2 atom stereocenters. The third-order valence-electron chi connectivity index (χ3n) is 5.08. The van der Waals surface area contributed by atoms with Crippen LogP contribution in [0.25, 0.3) is 0 Å². The number of methoxy groups -OCH3 is 2. The molecule has 0 aliphatic carbocycles. The predicted molar refractivity (Wildman–Crippen MR) is 108 cm³/mol. The van der Waals surface area contributed by atoms with Gasteiger partial charge in [-0.25, -0.2) is 0 Å². The third kappa shape index (κ3) is 4.12. The van der Waals surface area contributed by atoms with E-state index in [1.807, 2.05) is 42.5 Å². The maximum Gasteiger partial charge on any atom is 0.320 e. The van der Waals surface area contributed by atoms with E-state index in [4.69, 9.17) is 9.47 Å². The van der Waals surface area contributed by atoms with E-state index in [1.54, 1.807) is 14.2 Å². The number of carboxylic acids is 1. The highest BCUT2D eigenvalue weighted by Crippen LogP contribution is 2.40. The molecule has 6 heteroatoms. The van der Waals surface area contributed by atoms with Gasteiger partial charge >= 0.3 is 5.97 Å². The molecule has 1 heterocycles. The largest absolute Gasteiger partial charge is 0.493 e. The zero-order chi connectivity index (χ0) is 19.4. The molecule has 1 fully saturated rings. The lowest BCUT2D eigenvalue weighted by atomic mass is 9.91. The van der Waals surface area contributed by atoms with E-state index < -0.39 is 12.0 Å². The van der Waals surface area contributed by atoms with Crippen LogP contribution in [0, 0.1) is 0 Å². The number of aliphatic carboxylic acids is 1. The van der Waals surface area contributed by atoms with Crippen LogP contribution in [0.4, 0.5) is 0 Å². The summed E-state index contributed by atoms with van der Waals surface area (Å²) in [6.45, 7) is 0.733. The number of carbonyl (C=O) groups is 1. The van der Waals surface area contributed by atoms with E-state index in [1.165, 1.54) is 0 Å². The summed E-state index contributed by atoms with van der Waals surface area (Å²) in [5.74, 6) is 0.517. The molecule has 1 saturated heterocycles. The molecule has 0 amide bonds. The Hall–Kier alpha value is -2.05. The van der Waals surface area contributed by atoms with Crippen molar-refractivity contribution in [2.75, 3.05) is 20.8 Å². The minimum absolute atomic E-state index is 0.193. The SMILES string of the molecule is COc1ccc(C(c2ccccc2Br)N2CCCCC2C(=O)O)cc1OC. The number of benzene rings is 2. The summed E-state index contributed by atoms with van der Waals surface area (Å²) >= 11 is 3.65. The number of carboxylic acid groups (broad SMARTS) is 1. The molecular weight excluding hydrogens is 410 g/mol. The molecule has 2 aromatic rings. The monoisotopic (exact) mass is 433 g/mol. The second kappa shape index (κ2) is 8.76. The van der Waals surface area contributed by atoms with E-state index >= 15 is 0 Å². The highest BCUT2D eigenvalue weighted by Gasteiger charge is 2.36. The standard InChI is InChI=1S/C21H24BrNO4/c1-26-18-11-10-14(13-19(18)27-2)20(15-7-3-4-8-16(15)22)23-12-6-5-9-17(23)21(24)25/h3-4,7-8,10-11,13,17,20H,5-6,9,12H2,1-2H3,(H,24,25). The van der Waals surface area contributed by atoms with Gasteiger partial charge in [-0.1, -0.05) is 46.6 Å². The highest BCUT2D eigenvalue weighted by molar-refractivity contribution is 9.10. The molecule has 0 bridgehead atoms. The fourth-order valence-electron chi connectivity index (χ4n) is 3.80. The van der Waals surface area contributed by atoms with E-state index in [0.29, 0.717) is 17.9 Å². The van der Waals surface area contributed by atoms with Gasteiger partial charge in [-0.2, -0.15) is 0 Å². The number of hydrogen-bond donors (Lipinski definition) is 1. The van der Waals surface area contributed by atoms with Crippen LogP contribution in [-0.4, -0.2) is 42.8 Å². The van der Waals surface area contributed by atoms with Gasteiger partial charge in [0, 0.05) is 4.47 Å². The van der Waals surface area contributed by atoms with Crippen molar-refractivity contribution in [1.82, 2.24) is 4.90 Å². The first kappa shape index (κ1) is 19.7. The van der Waals surface area contributed by atoms with Gasteiger partial charge in [0.25, 0.3) is 0 Å². The van der Waals surface area contributed by atoms with Crippen molar-refractivity contribution in [2.24, 2.45) is 0 Å². The van der Waals surface area contributed by atoms with Crippen LogP contribution in [0.2, 0.25) is 0 Å². The second-order valence-corrected chi connectivity index (χ2v) is 7.48. The molecule has 5 nitrogen and oxygen atoms in total. The van der Waals surface area contributed by atoms with E-state index in [-0.39, 0.29) is 6.04 Å². The van der Waals surface area contributed by atoms with Gasteiger partial charge in [0.15, 0.2) is 11.5 Å². The maximum absolute atomic E-state index is 11.9. The van der Waals surface area contributed by atoms with Crippen LogP contribution in [0.15, 0.2) is 46.9 Å². The summed E-state index contributed by atoms with van der Waals surface area (Å²) in [7, 11) is 3.21. The van der Waals surface area contributed by atoms with Gasteiger partial charge < -0.3 is 14.6 Å². The molecule has 0 spiro atoms. The lowest BCUT2D eigenvalue weighted by Crippen LogP contribution is -2.46. The van der Waals surface area contributed by atoms with Crippen molar-refractivity contribution in [1.29, 1.82) is 0 Å². The Morgan fingerprint density at radius 2 is 1.89 bits per heavy atom. The lowest BCUT2D eigenvalue weighted by Gasteiger charge is -2.40. The van der Waals surface area contributed by atoms with Crippen LogP contribution in [0.3, 0.4) is 0 Å². The molecule has 27 heavy (non-hydrogen) atoms. The van der Waals surface area contributed by atoms with Crippen molar-refractivity contribution in [3.05, 3.63) is 58.1 Å². The Morgan fingerprint density at radius 3 is 2.56 bits per heavy atom. The second-order valence-electron chi connectivity index (χ2n) is 6.63. The summed E-state index contributed by atoms with van der Waals surface area (Å²) in [4.78, 5) is 14.0. The first-order chi connectivity index (χ1) is 13.1. The predicted octanol–water partition coefficient (Wildman–Crippen LogP) is 4.49. The molecule has 1 aliphatic heterocycles. The molecule has 3 rings (SSSR count). The molecule has 2 unspecified atom stereocenters. The Balaban J connectivity index is 2.13. The van der Waals surface area contributed by atoms with Crippen molar-refractivity contribution >= 4 is 21.9 Å². The summed E-state index contributed by atoms with van der Waals surface area (Å²) < 4.78 is 11.8. The zero-order valence-corrected chi connectivity index (χ0v) is 17.1. The Kier molecular flexibility index (Phi) is 6.39. The van der Waals surface area contributed by atoms with E-state index in [2.05, 4.69) is 20.8 Å². The Labute approximate surface area is 168 Å². The van der Waals surface area contributed by atoms with Gasteiger partial charge in [0.1, 0.15) is 6.04 Å². The molecule has 0 saturated carbocycles. The fourth-order valence-corrected chi connectivity index (χ4v) is 4.30. The molecule has 0 radical (unpaired) electrons. The maximum atomic E-state index is 11.9. The van der Waals surface area contributed by atoms with Gasteiger partial charge in [-0.15, -0.1) is 0 Å². The minimum Gasteiger partial charge on any atom is -0.493 e. The Bertz CT molecular complexity index is 811. The summed E-state index contributed by atoms with van der Waals surface area (Å²) in [5, 5.41) is 9.81. The van der Waals surface area contributed by atoms with Crippen LogP contribution >= 0.6 is 15.9 Å². The van der Waals surface area contributed by atoms with Gasteiger partial charge in [-0.05, 0) is 48.7 Å². The molecule has 1 aliphatic rings. The quantitative estimate of drug-likeness (QED) is 0.726. The van der Waals surface area contributed by atoms with E-state index in [0.717, 1.165) is 35.0 Å². The summed E-state index contributed by atoms with van der Waals surface area (Å²) in [6.07, 6.45) is 2.57. The number of rotatable bonds is 6. The van der Waals surface area contributed by atoms with Gasteiger partial charge in [0.2, 0.25) is 0 Å². The first-order valence-electron chi connectivity index (χ1n) is 9.01. The fraction of sp³-hybridized carbons (Fsp3) is 0.381. The molecule has 144 valence electrons. The number of halogens is 1. The highest BCUT2D eigenvalue weighted by atomic mass is 79.9. The smallest absolute Gasteiger partial charge is 0.320 e. The van der Waals surface area contributed by atoms with Gasteiger partial charge in [-0.3, -0.25) is 9.69 Å². The number of nitrogens with zero attached hydrogens (tertiary/aromatic N) is 1. The topological polar surface area (TPSA) is 59.0 Å². The summed E-state index contributed by atoms with van der Waals surface area (Å²) in [5.41, 5.74) is 2.02. The van der Waals surface area contributed by atoms with Crippen LogP contribution < -0.4 is 9.47 Å². The van der Waals surface area contributed by atoms with Crippen LogP contribution in [0.1, 0.15) is 36.4 Å². The average Bonchev–Trinajstić information content (AvgIpc) is 2.69. The third-order valence-corrected chi connectivity index (χ3v) is 5.81. The van der Waals surface area contributed by atoms with Crippen molar-refractivity contribution in [3.63, 3.8) is 0 Å². The molecular formula is C21H24BrNO4.